The molecule has 1 spiro atoms. The van der Waals surface area contributed by atoms with Gasteiger partial charge in [0.25, 0.3) is 0 Å². The van der Waals surface area contributed by atoms with Crippen LogP contribution in [-0.4, -0.2) is 64.0 Å². The molecule has 2 N–H and O–H groups in total. The van der Waals surface area contributed by atoms with E-state index >= 15 is 0 Å². The number of piperidine rings is 2. The van der Waals surface area contributed by atoms with E-state index in [0.717, 1.165) is 32.1 Å². The number of carbonyl (C=O) groups excluding carboxylic acids is 2. The molecule has 2 aliphatic carbocycles. The van der Waals surface area contributed by atoms with Crippen molar-refractivity contribution in [1.82, 2.24) is 14.8 Å². The molecule has 32 heavy (non-hydrogen) atoms. The number of aromatic amines is 1. The Morgan fingerprint density at radius 2 is 2.00 bits per heavy atom. The first kappa shape index (κ1) is 20.2. The maximum Gasteiger partial charge on any atom is 0.242 e. The summed E-state index contributed by atoms with van der Waals surface area (Å²) in [5.74, 6) is 1.21. The molecule has 1 saturated carbocycles. The number of aliphatic hydroxyl groups excluding tert-OH is 1. The fourth-order valence-electron chi connectivity index (χ4n) is 7.10. The van der Waals surface area contributed by atoms with Gasteiger partial charge in [-0.25, -0.2) is 9.55 Å². The van der Waals surface area contributed by atoms with Crippen molar-refractivity contribution >= 4 is 11.8 Å². The molecule has 0 bridgehead atoms. The Balaban J connectivity index is 1.09. The number of fused-ring (bicyclic) bond motifs is 3. The fraction of sp³-hybridized carbons (Fsp3) is 0.640. The van der Waals surface area contributed by atoms with Crippen molar-refractivity contribution in [3.05, 3.63) is 42.5 Å². The van der Waals surface area contributed by atoms with Gasteiger partial charge in [-0.05, 0) is 32.1 Å². The second-order valence-electron chi connectivity index (χ2n) is 10.5. The lowest BCUT2D eigenvalue weighted by Gasteiger charge is -2.57. The van der Waals surface area contributed by atoms with Crippen LogP contribution in [-0.2, 0) is 9.59 Å². The summed E-state index contributed by atoms with van der Waals surface area (Å²) in [7, 11) is 0. The number of carbonyl (C=O) groups is 2. The van der Waals surface area contributed by atoms with Crippen molar-refractivity contribution < 1.29 is 19.3 Å². The first-order valence-electron chi connectivity index (χ1n) is 12.2. The van der Waals surface area contributed by atoms with Crippen LogP contribution in [0.4, 0.5) is 0 Å². The third-order valence-electron chi connectivity index (χ3n) is 8.95. The molecule has 2 unspecified atom stereocenters. The lowest BCUT2D eigenvalue weighted by molar-refractivity contribution is -0.730. The van der Waals surface area contributed by atoms with Crippen molar-refractivity contribution in [3.8, 4) is 0 Å². The van der Waals surface area contributed by atoms with Gasteiger partial charge in [-0.15, -0.1) is 0 Å². The molecule has 4 heterocycles. The highest BCUT2D eigenvalue weighted by Crippen LogP contribution is 2.59. The van der Waals surface area contributed by atoms with Gasteiger partial charge in [-0.1, -0.05) is 24.3 Å². The van der Waals surface area contributed by atoms with Crippen LogP contribution in [0.1, 0.15) is 56.2 Å². The Kier molecular flexibility index (Phi) is 4.79. The van der Waals surface area contributed by atoms with Crippen LogP contribution in [0.3, 0.4) is 0 Å². The summed E-state index contributed by atoms with van der Waals surface area (Å²) in [4.78, 5) is 31.7. The molecule has 2 saturated heterocycles. The molecule has 5 atom stereocenters. The Morgan fingerprint density at radius 1 is 1.19 bits per heavy atom. The van der Waals surface area contributed by atoms with Gasteiger partial charge >= 0.3 is 0 Å². The Morgan fingerprint density at radius 3 is 2.78 bits per heavy atom. The first-order valence-corrected chi connectivity index (χ1v) is 12.2. The predicted molar refractivity (Wildman–Crippen MR) is 117 cm³/mol. The van der Waals surface area contributed by atoms with E-state index in [9.17, 15) is 14.7 Å². The summed E-state index contributed by atoms with van der Waals surface area (Å²) >= 11 is 0. The summed E-state index contributed by atoms with van der Waals surface area (Å²) in [6, 6.07) is 0.285. The van der Waals surface area contributed by atoms with Crippen molar-refractivity contribution in [2.45, 2.75) is 56.6 Å². The minimum atomic E-state index is -0.332. The van der Waals surface area contributed by atoms with Gasteiger partial charge in [0.2, 0.25) is 18.1 Å². The third kappa shape index (κ3) is 3.00. The molecular formula is C25H33N4O3+. The summed E-state index contributed by atoms with van der Waals surface area (Å²) < 4.78 is 2.35. The van der Waals surface area contributed by atoms with Crippen LogP contribution in [0.15, 0.2) is 36.8 Å². The minimum absolute atomic E-state index is 0.0609. The van der Waals surface area contributed by atoms with E-state index in [1.54, 1.807) is 4.90 Å². The van der Waals surface area contributed by atoms with Gasteiger partial charge in [-0.3, -0.25) is 9.59 Å². The molecule has 7 heteroatoms. The quantitative estimate of drug-likeness (QED) is 0.706. The second-order valence-corrected chi connectivity index (χ2v) is 10.5. The molecule has 3 aliphatic heterocycles. The molecule has 2 amide bonds. The largest absolute Gasteiger partial charge is 0.392 e. The summed E-state index contributed by atoms with van der Waals surface area (Å²) in [5.41, 5.74) is 1.24. The molecular weight excluding hydrogens is 404 g/mol. The first-order chi connectivity index (χ1) is 15.6. The second kappa shape index (κ2) is 7.58. The number of imidazole rings is 1. The number of hydrogen-bond donors (Lipinski definition) is 2. The molecule has 7 nitrogen and oxygen atoms in total. The van der Waals surface area contributed by atoms with Crippen LogP contribution in [0.5, 0.6) is 0 Å². The number of H-pyrrole nitrogens is 1. The van der Waals surface area contributed by atoms with Crippen LogP contribution in [0, 0.1) is 17.3 Å². The van der Waals surface area contributed by atoms with E-state index in [0.29, 0.717) is 37.9 Å². The molecule has 170 valence electrons. The lowest BCUT2D eigenvalue weighted by Crippen LogP contribution is -2.63. The smallest absolute Gasteiger partial charge is 0.242 e. The Bertz CT molecular complexity index is 974. The van der Waals surface area contributed by atoms with Crippen molar-refractivity contribution in [3.63, 3.8) is 0 Å². The number of amides is 2. The zero-order chi connectivity index (χ0) is 21.9. The number of nitrogens with zero attached hydrogens (tertiary/aromatic N) is 3. The van der Waals surface area contributed by atoms with E-state index in [1.165, 1.54) is 5.69 Å². The summed E-state index contributed by atoms with van der Waals surface area (Å²) in [6.45, 7) is 2.29. The maximum absolute atomic E-state index is 12.8. The minimum Gasteiger partial charge on any atom is -0.392 e. The summed E-state index contributed by atoms with van der Waals surface area (Å²) in [5, 5.41) is 11.4. The van der Waals surface area contributed by atoms with Crippen LogP contribution >= 0.6 is 0 Å². The zero-order valence-electron chi connectivity index (χ0n) is 18.5. The maximum atomic E-state index is 12.8. The van der Waals surface area contributed by atoms with Gasteiger partial charge in [0, 0.05) is 43.3 Å². The van der Waals surface area contributed by atoms with Crippen LogP contribution in [0.2, 0.25) is 0 Å². The van der Waals surface area contributed by atoms with Crippen molar-refractivity contribution in [2.75, 3.05) is 26.2 Å². The molecule has 1 aromatic heterocycles. The van der Waals surface area contributed by atoms with Crippen LogP contribution in [0.25, 0.3) is 0 Å². The fourth-order valence-corrected chi connectivity index (χ4v) is 7.10. The number of rotatable bonds is 3. The van der Waals surface area contributed by atoms with Crippen molar-refractivity contribution in [1.29, 1.82) is 0 Å². The average molecular weight is 438 g/mol. The van der Waals surface area contributed by atoms with Gasteiger partial charge in [0.15, 0.2) is 0 Å². The van der Waals surface area contributed by atoms with E-state index in [-0.39, 0.29) is 41.8 Å². The monoisotopic (exact) mass is 437 g/mol. The van der Waals surface area contributed by atoms with E-state index in [2.05, 4.69) is 46.4 Å². The third-order valence-corrected chi connectivity index (χ3v) is 8.95. The predicted octanol–water partition coefficient (Wildman–Crippen LogP) is 1.68. The number of nitrogens with one attached hydrogen (secondary N) is 1. The number of aliphatic hydroxyl groups is 1. The normalized spacial score (nSPS) is 35.0. The molecule has 0 aromatic carbocycles. The zero-order valence-corrected chi connectivity index (χ0v) is 18.5. The van der Waals surface area contributed by atoms with E-state index in [1.807, 2.05) is 4.90 Å². The molecule has 3 fully saturated rings. The van der Waals surface area contributed by atoms with Gasteiger partial charge in [-0.2, -0.15) is 0 Å². The number of aromatic nitrogens is 2. The number of likely N-dealkylation sites (tertiary alicyclic amines) is 2. The van der Waals surface area contributed by atoms with Gasteiger partial charge in [0.05, 0.1) is 18.6 Å². The molecule has 0 radical (unpaired) electrons. The van der Waals surface area contributed by atoms with Crippen LogP contribution < -0.4 is 4.57 Å². The van der Waals surface area contributed by atoms with Gasteiger partial charge in [0.1, 0.15) is 17.9 Å². The highest BCUT2D eigenvalue weighted by molar-refractivity contribution is 5.85. The highest BCUT2D eigenvalue weighted by atomic mass is 16.3. The number of hydrogen-bond acceptors (Lipinski definition) is 3. The molecule has 1 aromatic rings. The van der Waals surface area contributed by atoms with E-state index in [4.69, 9.17) is 0 Å². The Labute approximate surface area is 188 Å². The van der Waals surface area contributed by atoms with Gasteiger partial charge < -0.3 is 14.9 Å². The highest BCUT2D eigenvalue weighted by Gasteiger charge is 2.61. The molecule has 6 rings (SSSR count). The SMILES string of the molecule is O=C(CN1CCCCC1=O)N1CCC2(CC1)C[C@@H]([C@H]1C3C=CC=CC3c3c[nH]c[n+]31)[C@H]2O. The molecule has 5 aliphatic rings. The van der Waals surface area contributed by atoms with E-state index < -0.39 is 0 Å². The topological polar surface area (TPSA) is 80.5 Å². The Hall–Kier alpha value is -2.41. The summed E-state index contributed by atoms with van der Waals surface area (Å²) in [6.07, 6.45) is 17.9. The number of allylic oxidation sites excluding steroid dienone is 4. The lowest BCUT2D eigenvalue weighted by atomic mass is 9.52. The average Bonchev–Trinajstić information content (AvgIpc) is 3.40. The van der Waals surface area contributed by atoms with Crippen molar-refractivity contribution in [2.24, 2.45) is 17.3 Å². The standard InChI is InChI=1S/C25H32N4O3/c30-21-7-3-4-10-28(21)15-22(31)27-11-8-25(9-12-27)13-19(24(25)32)23-18-6-2-1-5-17(18)20-14-26-16-29(20)23/h1-2,5-6,14,16-19,23-24,32H,3-4,7-13,15H2/p+1/t17?,18?,19-,23+,24+/m0/s1.